The number of piperidine rings is 1. The molecule has 2 aliphatic heterocycles. The fraction of sp³-hybridized carbons (Fsp3) is 0.500. The minimum absolute atomic E-state index is 0.0379. The van der Waals surface area contributed by atoms with Gasteiger partial charge in [-0.1, -0.05) is 6.07 Å². The van der Waals surface area contributed by atoms with Gasteiger partial charge in [0.2, 0.25) is 0 Å². The van der Waals surface area contributed by atoms with Gasteiger partial charge in [-0.15, -0.1) is 0 Å². The molecular weight excluding hydrogens is 316 g/mol. The number of rotatable bonds is 5. The lowest BCUT2D eigenvalue weighted by Gasteiger charge is -2.38. The van der Waals surface area contributed by atoms with Gasteiger partial charge in [0, 0.05) is 24.8 Å². The van der Waals surface area contributed by atoms with Crippen LogP contribution in [0.15, 0.2) is 47.1 Å². The quantitative estimate of drug-likeness (QED) is 0.901. The van der Waals surface area contributed by atoms with Crippen molar-refractivity contribution < 1.29 is 13.9 Å². The first-order valence-electron chi connectivity index (χ1n) is 9.04. The minimum Gasteiger partial charge on any atom is -0.497 e. The van der Waals surface area contributed by atoms with E-state index in [0.717, 1.165) is 62.7 Å². The minimum atomic E-state index is 0.0379. The van der Waals surface area contributed by atoms with Gasteiger partial charge in [0.05, 0.1) is 38.2 Å². The van der Waals surface area contributed by atoms with Crippen molar-refractivity contribution in [2.75, 3.05) is 32.1 Å². The second-order valence-corrected chi connectivity index (χ2v) is 7.13. The molecule has 0 amide bonds. The van der Waals surface area contributed by atoms with Crippen molar-refractivity contribution in [1.82, 2.24) is 4.90 Å². The van der Waals surface area contributed by atoms with E-state index < -0.39 is 0 Å². The van der Waals surface area contributed by atoms with E-state index in [1.54, 1.807) is 13.4 Å². The zero-order chi connectivity index (χ0) is 17.1. The molecule has 0 saturated carbocycles. The Kier molecular flexibility index (Phi) is 4.68. The summed E-state index contributed by atoms with van der Waals surface area (Å²) in [4.78, 5) is 2.45. The van der Waals surface area contributed by atoms with E-state index in [2.05, 4.69) is 16.3 Å². The maximum absolute atomic E-state index is 6.26. The highest BCUT2D eigenvalue weighted by molar-refractivity contribution is 5.49. The van der Waals surface area contributed by atoms with Crippen LogP contribution < -0.4 is 10.1 Å². The summed E-state index contributed by atoms with van der Waals surface area (Å²) in [6, 6.07) is 12.5. The molecule has 1 aromatic carbocycles. The first-order chi connectivity index (χ1) is 12.2. The molecule has 2 saturated heterocycles. The predicted molar refractivity (Wildman–Crippen MR) is 96.9 cm³/mol. The van der Waals surface area contributed by atoms with E-state index in [0.29, 0.717) is 6.04 Å². The normalized spacial score (nSPS) is 23.0. The van der Waals surface area contributed by atoms with Gasteiger partial charge in [-0.2, -0.15) is 0 Å². The Bertz CT molecular complexity index is 678. The molecule has 1 atom stereocenters. The van der Waals surface area contributed by atoms with E-state index in [4.69, 9.17) is 13.9 Å². The number of nitrogens with zero attached hydrogens (tertiary/aromatic N) is 1. The number of anilines is 1. The van der Waals surface area contributed by atoms with Crippen LogP contribution in [0.5, 0.6) is 5.75 Å². The van der Waals surface area contributed by atoms with E-state index in [1.165, 1.54) is 0 Å². The fourth-order valence-corrected chi connectivity index (χ4v) is 3.98. The third-order valence-corrected chi connectivity index (χ3v) is 5.38. The lowest BCUT2D eigenvalue weighted by molar-refractivity contribution is -0.0456. The van der Waals surface area contributed by atoms with Crippen LogP contribution in [0.4, 0.5) is 5.69 Å². The first-order valence-corrected chi connectivity index (χ1v) is 9.04. The molecule has 5 heteroatoms. The van der Waals surface area contributed by atoms with Crippen LogP contribution in [0.2, 0.25) is 0 Å². The first kappa shape index (κ1) is 16.5. The van der Waals surface area contributed by atoms with Crippen LogP contribution in [-0.4, -0.2) is 43.3 Å². The zero-order valence-corrected chi connectivity index (χ0v) is 14.7. The molecule has 1 spiro atoms. The Morgan fingerprint density at radius 1 is 1.24 bits per heavy atom. The van der Waals surface area contributed by atoms with Crippen LogP contribution >= 0.6 is 0 Å². The molecular formula is C20H26N2O3. The smallest absolute Gasteiger partial charge is 0.120 e. The summed E-state index contributed by atoms with van der Waals surface area (Å²) in [5.41, 5.74) is 1.14. The monoisotopic (exact) mass is 342 g/mol. The molecule has 134 valence electrons. The summed E-state index contributed by atoms with van der Waals surface area (Å²) < 4.78 is 17.0. The van der Waals surface area contributed by atoms with Gasteiger partial charge in [0.1, 0.15) is 11.5 Å². The van der Waals surface area contributed by atoms with Crippen LogP contribution in [0.25, 0.3) is 0 Å². The number of nitrogens with one attached hydrogen (secondary N) is 1. The highest BCUT2D eigenvalue weighted by Crippen LogP contribution is 2.37. The molecule has 1 aromatic heterocycles. The molecule has 0 radical (unpaired) electrons. The van der Waals surface area contributed by atoms with Crippen molar-refractivity contribution in [1.29, 1.82) is 0 Å². The van der Waals surface area contributed by atoms with Gasteiger partial charge in [-0.25, -0.2) is 0 Å². The fourth-order valence-electron chi connectivity index (χ4n) is 3.98. The highest BCUT2D eigenvalue weighted by atomic mass is 16.5. The van der Waals surface area contributed by atoms with Gasteiger partial charge in [-0.05, 0) is 43.5 Å². The average molecular weight is 342 g/mol. The Morgan fingerprint density at radius 3 is 2.88 bits per heavy atom. The summed E-state index contributed by atoms with van der Waals surface area (Å²) in [5.74, 6) is 1.92. The number of furan rings is 1. The predicted octanol–water partition coefficient (Wildman–Crippen LogP) is 3.52. The number of hydrogen-bond acceptors (Lipinski definition) is 5. The number of hydrogen-bond donors (Lipinski definition) is 1. The highest BCUT2D eigenvalue weighted by Gasteiger charge is 2.42. The van der Waals surface area contributed by atoms with Crippen molar-refractivity contribution >= 4 is 5.69 Å². The lowest BCUT2D eigenvalue weighted by Crippen LogP contribution is -2.44. The molecule has 1 N–H and O–H groups in total. The van der Waals surface area contributed by atoms with Gasteiger partial charge < -0.3 is 19.2 Å². The number of benzene rings is 1. The van der Waals surface area contributed by atoms with Crippen molar-refractivity contribution in [3.05, 3.63) is 48.4 Å². The third kappa shape index (κ3) is 3.83. The molecule has 0 bridgehead atoms. The summed E-state index contributed by atoms with van der Waals surface area (Å²) in [5, 5.41) is 3.60. The Labute approximate surface area is 148 Å². The number of ether oxygens (including phenoxy) is 2. The molecule has 2 fully saturated rings. The van der Waals surface area contributed by atoms with Crippen molar-refractivity contribution in [2.45, 2.75) is 37.5 Å². The maximum atomic E-state index is 6.26. The maximum Gasteiger partial charge on any atom is 0.120 e. The van der Waals surface area contributed by atoms with Crippen LogP contribution in [-0.2, 0) is 11.3 Å². The summed E-state index contributed by atoms with van der Waals surface area (Å²) in [7, 11) is 1.70. The van der Waals surface area contributed by atoms with Crippen molar-refractivity contribution in [3.8, 4) is 5.75 Å². The molecule has 5 nitrogen and oxygen atoms in total. The van der Waals surface area contributed by atoms with Crippen LogP contribution in [0, 0.1) is 0 Å². The van der Waals surface area contributed by atoms with Gasteiger partial charge in [0.25, 0.3) is 0 Å². The summed E-state index contributed by atoms with van der Waals surface area (Å²) in [6.45, 7) is 3.79. The largest absolute Gasteiger partial charge is 0.497 e. The molecule has 25 heavy (non-hydrogen) atoms. The van der Waals surface area contributed by atoms with Crippen molar-refractivity contribution in [2.24, 2.45) is 0 Å². The Balaban J connectivity index is 1.30. The second-order valence-electron chi connectivity index (χ2n) is 7.13. The van der Waals surface area contributed by atoms with E-state index >= 15 is 0 Å². The van der Waals surface area contributed by atoms with E-state index in [9.17, 15) is 0 Å². The summed E-state index contributed by atoms with van der Waals surface area (Å²) >= 11 is 0. The van der Waals surface area contributed by atoms with Gasteiger partial charge in [0.15, 0.2) is 0 Å². The molecule has 2 aromatic rings. The molecule has 0 aliphatic carbocycles. The van der Waals surface area contributed by atoms with Gasteiger partial charge >= 0.3 is 0 Å². The SMILES string of the molecule is COc1cccc(NC2COC3(CCN(Cc4ccco4)CC3)C2)c1. The van der Waals surface area contributed by atoms with Crippen LogP contribution in [0.1, 0.15) is 25.0 Å². The zero-order valence-electron chi connectivity index (χ0n) is 14.7. The molecule has 1 unspecified atom stereocenters. The average Bonchev–Trinajstić information content (AvgIpc) is 3.28. The molecule has 4 rings (SSSR count). The number of methoxy groups -OCH3 is 1. The third-order valence-electron chi connectivity index (χ3n) is 5.38. The van der Waals surface area contributed by atoms with Crippen LogP contribution in [0.3, 0.4) is 0 Å². The molecule has 2 aliphatic rings. The second kappa shape index (κ2) is 7.10. The number of likely N-dealkylation sites (tertiary alicyclic amines) is 1. The van der Waals surface area contributed by atoms with Crippen molar-refractivity contribution in [3.63, 3.8) is 0 Å². The Hall–Kier alpha value is -1.98. The standard InChI is InChI=1S/C20H26N2O3/c1-23-18-5-2-4-16(12-18)21-17-13-20(25-15-17)7-9-22(10-8-20)14-19-6-3-11-24-19/h2-6,11-12,17,21H,7-10,13-15H2,1H3. The molecule has 3 heterocycles. The van der Waals surface area contributed by atoms with E-state index in [1.807, 2.05) is 30.3 Å². The Morgan fingerprint density at radius 2 is 2.12 bits per heavy atom. The lowest BCUT2D eigenvalue weighted by atomic mass is 9.87. The van der Waals surface area contributed by atoms with E-state index in [-0.39, 0.29) is 5.60 Å². The van der Waals surface area contributed by atoms with Gasteiger partial charge in [-0.3, -0.25) is 4.90 Å². The summed E-state index contributed by atoms with van der Waals surface area (Å²) in [6.07, 6.45) is 4.99. The topological polar surface area (TPSA) is 46.9 Å².